The number of hydrogen-bond donors (Lipinski definition) is 2. The second kappa shape index (κ2) is 7.14. The molecule has 1 amide bonds. The molecule has 122 valence electrons. The van der Waals surface area contributed by atoms with Crippen LogP contribution >= 0.6 is 0 Å². The fourth-order valence-corrected chi connectivity index (χ4v) is 2.33. The summed E-state index contributed by atoms with van der Waals surface area (Å²) >= 11 is 0. The summed E-state index contributed by atoms with van der Waals surface area (Å²) in [4.78, 5) is 12.5. The molecular formula is C18H27NO3. The van der Waals surface area contributed by atoms with Gasteiger partial charge in [-0.15, -0.1) is 0 Å². The zero-order valence-electron chi connectivity index (χ0n) is 13.8. The molecule has 1 fully saturated rings. The summed E-state index contributed by atoms with van der Waals surface area (Å²) in [6.07, 6.45) is 4.25. The van der Waals surface area contributed by atoms with Gasteiger partial charge in [-0.25, -0.2) is 0 Å². The van der Waals surface area contributed by atoms with Gasteiger partial charge in [-0.2, -0.15) is 0 Å². The van der Waals surface area contributed by atoms with Gasteiger partial charge in [0.25, 0.3) is 5.91 Å². The lowest BCUT2D eigenvalue weighted by molar-refractivity contribution is 0.0867. The zero-order valence-corrected chi connectivity index (χ0v) is 13.8. The first-order valence-electron chi connectivity index (χ1n) is 8.15. The van der Waals surface area contributed by atoms with E-state index >= 15 is 0 Å². The van der Waals surface area contributed by atoms with E-state index < -0.39 is 5.54 Å². The van der Waals surface area contributed by atoms with Crippen LogP contribution in [0.4, 0.5) is 0 Å². The van der Waals surface area contributed by atoms with Crippen LogP contribution in [-0.2, 0) is 6.42 Å². The van der Waals surface area contributed by atoms with Crippen molar-refractivity contribution < 1.29 is 14.6 Å². The van der Waals surface area contributed by atoms with E-state index in [2.05, 4.69) is 12.2 Å². The van der Waals surface area contributed by atoms with E-state index in [4.69, 9.17) is 4.74 Å². The molecule has 0 aromatic heterocycles. The molecule has 1 aromatic rings. The second-order valence-corrected chi connectivity index (χ2v) is 6.78. The fourth-order valence-electron chi connectivity index (χ4n) is 2.33. The first kappa shape index (κ1) is 16.8. The highest BCUT2D eigenvalue weighted by atomic mass is 16.5. The summed E-state index contributed by atoms with van der Waals surface area (Å²) in [6.45, 7) is 6.34. The number of aliphatic hydroxyl groups excluding tert-OH is 1. The molecule has 0 radical (unpaired) electrons. The van der Waals surface area contributed by atoms with Crippen molar-refractivity contribution in [2.24, 2.45) is 5.92 Å². The Bertz CT molecular complexity index is 521. The van der Waals surface area contributed by atoms with Gasteiger partial charge in [-0.1, -0.05) is 19.4 Å². The molecule has 0 spiro atoms. The lowest BCUT2D eigenvalue weighted by Gasteiger charge is -2.24. The van der Waals surface area contributed by atoms with Crippen LogP contribution < -0.4 is 10.1 Å². The topological polar surface area (TPSA) is 58.6 Å². The molecule has 1 aliphatic carbocycles. The highest BCUT2D eigenvalue weighted by Gasteiger charge is 2.25. The van der Waals surface area contributed by atoms with E-state index in [1.165, 1.54) is 12.8 Å². The van der Waals surface area contributed by atoms with Crippen molar-refractivity contribution in [2.45, 2.75) is 52.0 Å². The molecule has 0 unspecified atom stereocenters. The van der Waals surface area contributed by atoms with E-state index in [0.29, 0.717) is 11.5 Å². The van der Waals surface area contributed by atoms with Crippen LogP contribution in [0.5, 0.6) is 5.75 Å². The summed E-state index contributed by atoms with van der Waals surface area (Å²) in [6, 6.07) is 5.64. The highest BCUT2D eigenvalue weighted by molar-refractivity contribution is 5.96. The van der Waals surface area contributed by atoms with Gasteiger partial charge < -0.3 is 15.2 Å². The standard InChI is InChI=1S/C18H27NO3/c1-4-6-14-15(17(21)19-18(2,3)12-20)7-5-8-16(14)22-11-13-9-10-13/h5,7-8,13,20H,4,6,9-12H2,1-3H3,(H,19,21). The van der Waals surface area contributed by atoms with E-state index in [0.717, 1.165) is 30.8 Å². The first-order valence-corrected chi connectivity index (χ1v) is 8.15. The van der Waals surface area contributed by atoms with Crippen molar-refractivity contribution in [1.82, 2.24) is 5.32 Å². The van der Waals surface area contributed by atoms with Crippen LogP contribution in [0.1, 0.15) is 56.0 Å². The third kappa shape index (κ3) is 4.47. The molecule has 1 aromatic carbocycles. The smallest absolute Gasteiger partial charge is 0.252 e. The van der Waals surface area contributed by atoms with Gasteiger partial charge in [0.2, 0.25) is 0 Å². The molecular weight excluding hydrogens is 278 g/mol. The molecule has 1 aliphatic rings. The SMILES string of the molecule is CCCc1c(OCC2CC2)cccc1C(=O)NC(C)(C)CO. The minimum absolute atomic E-state index is 0.0975. The highest BCUT2D eigenvalue weighted by Crippen LogP contribution is 2.31. The Labute approximate surface area is 132 Å². The molecule has 0 heterocycles. The molecule has 0 saturated heterocycles. The van der Waals surface area contributed by atoms with Gasteiger partial charge >= 0.3 is 0 Å². The predicted octanol–water partition coefficient (Wildman–Crippen LogP) is 2.93. The summed E-state index contributed by atoms with van der Waals surface area (Å²) in [5, 5.41) is 12.2. The number of hydrogen-bond acceptors (Lipinski definition) is 3. The van der Waals surface area contributed by atoms with E-state index in [1.807, 2.05) is 18.2 Å². The molecule has 22 heavy (non-hydrogen) atoms. The Balaban J connectivity index is 2.20. The van der Waals surface area contributed by atoms with Gasteiger partial charge in [-0.05, 0) is 51.2 Å². The van der Waals surface area contributed by atoms with Crippen LogP contribution in [0, 0.1) is 5.92 Å². The second-order valence-electron chi connectivity index (χ2n) is 6.78. The van der Waals surface area contributed by atoms with Gasteiger partial charge in [0, 0.05) is 11.1 Å². The van der Waals surface area contributed by atoms with Crippen molar-refractivity contribution in [1.29, 1.82) is 0 Å². The van der Waals surface area contributed by atoms with Crippen LogP contribution in [0.2, 0.25) is 0 Å². The Morgan fingerprint density at radius 1 is 1.41 bits per heavy atom. The number of benzene rings is 1. The summed E-state index contributed by atoms with van der Waals surface area (Å²) in [5.41, 5.74) is 0.986. The number of nitrogens with one attached hydrogen (secondary N) is 1. The van der Waals surface area contributed by atoms with Crippen molar-refractivity contribution in [3.05, 3.63) is 29.3 Å². The average molecular weight is 305 g/mol. The van der Waals surface area contributed by atoms with Crippen LogP contribution in [-0.4, -0.2) is 29.8 Å². The van der Waals surface area contributed by atoms with Crippen LogP contribution in [0.25, 0.3) is 0 Å². The lowest BCUT2D eigenvalue weighted by atomic mass is 9.99. The molecule has 2 N–H and O–H groups in total. The van der Waals surface area contributed by atoms with E-state index in [-0.39, 0.29) is 12.5 Å². The number of rotatable bonds is 8. The number of carbonyl (C=O) groups is 1. The fraction of sp³-hybridized carbons (Fsp3) is 0.611. The van der Waals surface area contributed by atoms with E-state index in [9.17, 15) is 9.90 Å². The number of amides is 1. The molecule has 0 aliphatic heterocycles. The molecule has 0 bridgehead atoms. The monoisotopic (exact) mass is 305 g/mol. The van der Waals surface area contributed by atoms with Gasteiger partial charge in [0.1, 0.15) is 5.75 Å². The van der Waals surface area contributed by atoms with Crippen molar-refractivity contribution in [3.8, 4) is 5.75 Å². The molecule has 4 nitrogen and oxygen atoms in total. The van der Waals surface area contributed by atoms with E-state index in [1.54, 1.807) is 13.8 Å². The Kier molecular flexibility index (Phi) is 5.46. The van der Waals surface area contributed by atoms with Gasteiger partial charge in [-0.3, -0.25) is 4.79 Å². The predicted molar refractivity (Wildman–Crippen MR) is 87.3 cm³/mol. The molecule has 1 saturated carbocycles. The Hall–Kier alpha value is -1.55. The summed E-state index contributed by atoms with van der Waals surface area (Å²) < 4.78 is 5.93. The lowest BCUT2D eigenvalue weighted by Crippen LogP contribution is -2.46. The number of aliphatic hydroxyl groups is 1. The third-order valence-corrected chi connectivity index (χ3v) is 3.90. The maximum Gasteiger partial charge on any atom is 0.252 e. The summed E-state index contributed by atoms with van der Waals surface area (Å²) in [5.74, 6) is 1.35. The summed E-state index contributed by atoms with van der Waals surface area (Å²) in [7, 11) is 0. The molecule has 4 heteroatoms. The van der Waals surface area contributed by atoms with Crippen molar-refractivity contribution in [2.75, 3.05) is 13.2 Å². The average Bonchev–Trinajstić information content (AvgIpc) is 3.30. The minimum atomic E-state index is -0.633. The largest absolute Gasteiger partial charge is 0.493 e. The van der Waals surface area contributed by atoms with Crippen molar-refractivity contribution >= 4 is 5.91 Å². The third-order valence-electron chi connectivity index (χ3n) is 3.90. The Morgan fingerprint density at radius 2 is 2.14 bits per heavy atom. The molecule has 2 rings (SSSR count). The number of ether oxygens (including phenoxy) is 1. The maximum absolute atomic E-state index is 12.5. The minimum Gasteiger partial charge on any atom is -0.493 e. The first-order chi connectivity index (χ1) is 10.5. The molecule has 0 atom stereocenters. The normalized spacial score (nSPS) is 14.7. The quantitative estimate of drug-likeness (QED) is 0.776. The van der Waals surface area contributed by atoms with Crippen LogP contribution in [0.3, 0.4) is 0 Å². The van der Waals surface area contributed by atoms with Crippen molar-refractivity contribution in [3.63, 3.8) is 0 Å². The Morgan fingerprint density at radius 3 is 2.73 bits per heavy atom. The van der Waals surface area contributed by atoms with Gasteiger partial charge in [0.15, 0.2) is 0 Å². The van der Waals surface area contributed by atoms with Crippen LogP contribution in [0.15, 0.2) is 18.2 Å². The maximum atomic E-state index is 12.5. The zero-order chi connectivity index (χ0) is 16.2. The number of carbonyl (C=O) groups excluding carboxylic acids is 1. The van der Waals surface area contributed by atoms with Gasteiger partial charge in [0.05, 0.1) is 18.8 Å².